The van der Waals surface area contributed by atoms with E-state index in [1.165, 1.54) is 16.0 Å². The Balaban J connectivity index is 2.12. The second-order valence-corrected chi connectivity index (χ2v) is 5.65. The van der Waals surface area contributed by atoms with E-state index in [2.05, 4.69) is 67.4 Å². The van der Waals surface area contributed by atoms with Crippen molar-refractivity contribution in [2.24, 2.45) is 4.99 Å². The minimum absolute atomic E-state index is 1.01. The lowest BCUT2D eigenvalue weighted by Crippen LogP contribution is -1.84. The first-order valence-corrected chi connectivity index (χ1v) is 6.81. The molecule has 0 spiro atoms. The summed E-state index contributed by atoms with van der Waals surface area (Å²) in [4.78, 5) is 5.84. The van der Waals surface area contributed by atoms with Crippen molar-refractivity contribution in [1.82, 2.24) is 0 Å². The fourth-order valence-electron chi connectivity index (χ4n) is 1.67. The average molecular weight is 255 g/mol. The van der Waals surface area contributed by atoms with Crippen LogP contribution in [-0.4, -0.2) is 5.04 Å². The summed E-state index contributed by atoms with van der Waals surface area (Å²) in [6, 6.07) is 16.8. The summed E-state index contributed by atoms with van der Waals surface area (Å²) < 4.78 is 0. The lowest BCUT2D eigenvalue weighted by Gasteiger charge is -2.02. The van der Waals surface area contributed by atoms with E-state index >= 15 is 0 Å². The molecular weight excluding hydrogens is 238 g/mol. The van der Waals surface area contributed by atoms with Crippen LogP contribution < -0.4 is 0 Å². The number of aryl methyl sites for hydroxylation is 2. The summed E-state index contributed by atoms with van der Waals surface area (Å²) in [7, 11) is 0. The molecule has 1 nitrogen and oxygen atoms in total. The highest BCUT2D eigenvalue weighted by molar-refractivity contribution is 8.13. The minimum Gasteiger partial charge on any atom is -0.247 e. The zero-order chi connectivity index (χ0) is 13.0. The highest BCUT2D eigenvalue weighted by Crippen LogP contribution is 2.23. The molecular formula is C16H17NS. The third-order valence-corrected chi connectivity index (χ3v) is 3.45. The number of hydrogen-bond donors (Lipinski definition) is 0. The Morgan fingerprint density at radius 3 is 2.33 bits per heavy atom. The molecule has 0 N–H and O–H groups in total. The molecule has 2 rings (SSSR count). The Morgan fingerprint density at radius 1 is 0.944 bits per heavy atom. The van der Waals surface area contributed by atoms with Crippen LogP contribution >= 0.6 is 11.8 Å². The Morgan fingerprint density at radius 2 is 1.67 bits per heavy atom. The number of hydrogen-bond acceptors (Lipinski definition) is 2. The van der Waals surface area contributed by atoms with Crippen LogP contribution in [0.5, 0.6) is 0 Å². The maximum atomic E-state index is 4.60. The van der Waals surface area contributed by atoms with Crippen molar-refractivity contribution >= 4 is 22.5 Å². The third kappa shape index (κ3) is 3.74. The number of thioether (sulfide) groups is 1. The molecule has 2 aromatic carbocycles. The van der Waals surface area contributed by atoms with Gasteiger partial charge in [-0.05, 0) is 45.0 Å². The largest absolute Gasteiger partial charge is 0.247 e. The van der Waals surface area contributed by atoms with Crippen LogP contribution in [0.15, 0.2) is 58.4 Å². The van der Waals surface area contributed by atoms with Gasteiger partial charge in [0.05, 0.1) is 10.7 Å². The molecule has 0 saturated heterocycles. The van der Waals surface area contributed by atoms with Crippen LogP contribution in [-0.2, 0) is 0 Å². The van der Waals surface area contributed by atoms with Gasteiger partial charge in [0.15, 0.2) is 0 Å². The van der Waals surface area contributed by atoms with Gasteiger partial charge in [0.25, 0.3) is 0 Å². The normalized spacial score (nSPS) is 11.6. The van der Waals surface area contributed by atoms with Crippen LogP contribution in [0.3, 0.4) is 0 Å². The predicted molar refractivity (Wildman–Crippen MR) is 81.0 cm³/mol. The highest BCUT2D eigenvalue weighted by atomic mass is 32.2. The molecule has 0 aliphatic rings. The maximum absolute atomic E-state index is 4.60. The number of rotatable bonds is 2. The van der Waals surface area contributed by atoms with Crippen molar-refractivity contribution in [3.05, 3.63) is 59.7 Å². The van der Waals surface area contributed by atoms with Crippen LogP contribution in [0.1, 0.15) is 18.1 Å². The minimum atomic E-state index is 1.01. The van der Waals surface area contributed by atoms with E-state index in [1.54, 1.807) is 11.8 Å². The third-order valence-electron chi connectivity index (χ3n) is 2.58. The van der Waals surface area contributed by atoms with Crippen LogP contribution in [0.25, 0.3) is 0 Å². The Kier molecular flexibility index (Phi) is 4.21. The molecule has 2 aromatic rings. The molecule has 0 saturated carbocycles. The zero-order valence-corrected chi connectivity index (χ0v) is 11.8. The van der Waals surface area contributed by atoms with Gasteiger partial charge in [-0.25, -0.2) is 4.99 Å². The van der Waals surface area contributed by atoms with Crippen molar-refractivity contribution in [3.63, 3.8) is 0 Å². The van der Waals surface area contributed by atoms with Gasteiger partial charge in [0.2, 0.25) is 0 Å². The summed E-state index contributed by atoms with van der Waals surface area (Å²) in [5.74, 6) is 0. The van der Waals surface area contributed by atoms with Gasteiger partial charge in [-0.2, -0.15) is 0 Å². The Labute approximate surface area is 113 Å². The molecule has 18 heavy (non-hydrogen) atoms. The number of benzene rings is 2. The van der Waals surface area contributed by atoms with Gasteiger partial charge in [-0.1, -0.05) is 47.2 Å². The van der Waals surface area contributed by atoms with Gasteiger partial charge >= 0.3 is 0 Å². The molecule has 0 amide bonds. The molecule has 0 aliphatic carbocycles. The first-order valence-electron chi connectivity index (χ1n) is 6.00. The molecule has 0 unspecified atom stereocenters. The standard InChI is InChI=1S/C16H17NS/c1-12-7-9-15(10-8-12)17-14(3)18-16-6-4-5-13(2)11-16/h4-11H,1-3H3. The van der Waals surface area contributed by atoms with Crippen LogP contribution in [0, 0.1) is 13.8 Å². The molecule has 0 aromatic heterocycles. The topological polar surface area (TPSA) is 12.4 Å². The SMILES string of the molecule is CC(=Nc1ccc(C)cc1)Sc1cccc(C)c1. The first kappa shape index (κ1) is 12.9. The van der Waals surface area contributed by atoms with Gasteiger partial charge in [0.1, 0.15) is 0 Å². The van der Waals surface area contributed by atoms with Crippen molar-refractivity contribution in [1.29, 1.82) is 0 Å². The molecule has 0 bridgehead atoms. The van der Waals surface area contributed by atoms with Crippen LogP contribution in [0.2, 0.25) is 0 Å². The van der Waals surface area contributed by atoms with E-state index in [-0.39, 0.29) is 0 Å². The second kappa shape index (κ2) is 5.87. The van der Waals surface area contributed by atoms with Crippen molar-refractivity contribution in [2.75, 3.05) is 0 Å². The van der Waals surface area contributed by atoms with E-state index < -0.39 is 0 Å². The van der Waals surface area contributed by atoms with E-state index in [0.717, 1.165) is 10.7 Å². The lowest BCUT2D eigenvalue weighted by atomic mass is 10.2. The van der Waals surface area contributed by atoms with Gasteiger partial charge in [-0.3, -0.25) is 0 Å². The van der Waals surface area contributed by atoms with E-state index in [9.17, 15) is 0 Å². The van der Waals surface area contributed by atoms with E-state index in [0.29, 0.717) is 0 Å². The number of aliphatic imine (C=N–C) groups is 1. The molecule has 0 aliphatic heterocycles. The van der Waals surface area contributed by atoms with Crippen molar-refractivity contribution in [2.45, 2.75) is 25.7 Å². The quantitative estimate of drug-likeness (QED) is 0.411. The monoisotopic (exact) mass is 255 g/mol. The summed E-state index contributed by atoms with van der Waals surface area (Å²) in [5, 5.41) is 1.06. The van der Waals surface area contributed by atoms with Gasteiger partial charge in [-0.15, -0.1) is 0 Å². The van der Waals surface area contributed by atoms with Gasteiger partial charge in [0, 0.05) is 4.90 Å². The number of nitrogens with zero attached hydrogens (tertiary/aromatic N) is 1. The summed E-state index contributed by atoms with van der Waals surface area (Å²) in [6.07, 6.45) is 0. The summed E-state index contributed by atoms with van der Waals surface area (Å²) >= 11 is 1.71. The van der Waals surface area contributed by atoms with Crippen LogP contribution in [0.4, 0.5) is 5.69 Å². The predicted octanol–water partition coefficient (Wildman–Crippen LogP) is 5.15. The van der Waals surface area contributed by atoms with Crippen molar-refractivity contribution < 1.29 is 0 Å². The van der Waals surface area contributed by atoms with E-state index in [1.807, 2.05) is 6.92 Å². The summed E-state index contributed by atoms with van der Waals surface area (Å²) in [5.41, 5.74) is 3.55. The fraction of sp³-hybridized carbons (Fsp3) is 0.188. The molecule has 2 heteroatoms. The highest BCUT2D eigenvalue weighted by Gasteiger charge is 1.98. The molecule has 0 atom stereocenters. The molecule has 92 valence electrons. The fourth-order valence-corrected chi connectivity index (χ4v) is 2.56. The maximum Gasteiger partial charge on any atom is 0.0755 e. The second-order valence-electron chi connectivity index (χ2n) is 4.38. The molecule has 0 fully saturated rings. The average Bonchev–Trinajstić information content (AvgIpc) is 2.32. The Bertz CT molecular complexity index is 556. The smallest absolute Gasteiger partial charge is 0.0755 e. The lowest BCUT2D eigenvalue weighted by molar-refractivity contribution is 1.37. The van der Waals surface area contributed by atoms with Crippen molar-refractivity contribution in [3.8, 4) is 0 Å². The molecule has 0 heterocycles. The van der Waals surface area contributed by atoms with Gasteiger partial charge < -0.3 is 0 Å². The van der Waals surface area contributed by atoms with E-state index in [4.69, 9.17) is 0 Å². The Hall–Kier alpha value is -1.54. The first-order chi connectivity index (χ1) is 8.63. The molecule has 0 radical (unpaired) electrons. The summed E-state index contributed by atoms with van der Waals surface area (Å²) in [6.45, 7) is 6.24. The zero-order valence-electron chi connectivity index (χ0n) is 11.0.